The first-order valence-electron chi connectivity index (χ1n) is 8.29. The second kappa shape index (κ2) is 8.55. The summed E-state index contributed by atoms with van der Waals surface area (Å²) in [5.74, 6) is 0. The highest BCUT2D eigenvalue weighted by Gasteiger charge is 2.28. The molecule has 0 aliphatic heterocycles. The fourth-order valence-electron chi connectivity index (χ4n) is 2.40. The number of hydrogen-bond donors (Lipinski definition) is 1. The van der Waals surface area contributed by atoms with Gasteiger partial charge in [0, 0.05) is 32.1 Å². The number of halogens is 1. The highest BCUT2D eigenvalue weighted by molar-refractivity contribution is 9.10. The van der Waals surface area contributed by atoms with E-state index in [4.69, 9.17) is 0 Å². The standard InChI is InChI=1S/C19H27BrN2OS2/c1-13(21-25(23)19(2,3)4)17-9-10-18(24-17)16-8-7-15(20)11-14(16)12-22(5)6/h7-11,13,21H,12H2,1-6H3. The van der Waals surface area contributed by atoms with E-state index in [1.807, 2.05) is 20.8 Å². The van der Waals surface area contributed by atoms with Crippen LogP contribution in [0.15, 0.2) is 34.8 Å². The molecule has 0 radical (unpaired) electrons. The van der Waals surface area contributed by atoms with Crippen LogP contribution in [-0.4, -0.2) is 28.3 Å². The Balaban J connectivity index is 2.24. The van der Waals surface area contributed by atoms with Crippen LogP contribution in [0.1, 0.15) is 44.2 Å². The van der Waals surface area contributed by atoms with Gasteiger partial charge in [-0.15, -0.1) is 16.1 Å². The lowest BCUT2D eigenvalue weighted by molar-refractivity contribution is 0.403. The van der Waals surface area contributed by atoms with E-state index in [9.17, 15) is 4.55 Å². The first-order chi connectivity index (χ1) is 11.6. The topological polar surface area (TPSA) is 38.3 Å². The maximum Gasteiger partial charge on any atom is 0.136 e. The van der Waals surface area contributed by atoms with Crippen molar-refractivity contribution in [3.8, 4) is 10.4 Å². The lowest BCUT2D eigenvalue weighted by atomic mass is 10.1. The van der Waals surface area contributed by atoms with Gasteiger partial charge < -0.3 is 9.45 Å². The quantitative estimate of drug-likeness (QED) is 0.612. The van der Waals surface area contributed by atoms with Gasteiger partial charge in [0.2, 0.25) is 0 Å². The molecule has 1 N–H and O–H groups in total. The minimum Gasteiger partial charge on any atom is -0.598 e. The molecule has 3 nitrogen and oxygen atoms in total. The maximum absolute atomic E-state index is 12.3. The molecule has 2 unspecified atom stereocenters. The van der Waals surface area contributed by atoms with E-state index in [-0.39, 0.29) is 10.8 Å². The maximum atomic E-state index is 12.3. The Bertz CT molecular complexity index is 710. The van der Waals surface area contributed by atoms with Gasteiger partial charge in [0.15, 0.2) is 0 Å². The molecule has 6 heteroatoms. The summed E-state index contributed by atoms with van der Waals surface area (Å²) in [6.45, 7) is 8.92. The Morgan fingerprint density at radius 2 is 1.92 bits per heavy atom. The Morgan fingerprint density at radius 1 is 1.24 bits per heavy atom. The van der Waals surface area contributed by atoms with E-state index in [0.717, 1.165) is 11.0 Å². The molecule has 0 bridgehead atoms. The van der Waals surface area contributed by atoms with Gasteiger partial charge in [-0.3, -0.25) is 0 Å². The molecule has 1 heterocycles. The Hall–Kier alpha value is -0.370. The molecule has 0 aliphatic carbocycles. The van der Waals surface area contributed by atoms with E-state index in [0.29, 0.717) is 0 Å². The summed E-state index contributed by atoms with van der Waals surface area (Å²) < 4.78 is 16.4. The third-order valence-corrected chi connectivity index (χ3v) is 7.19. The number of benzene rings is 1. The number of rotatable bonds is 6. The molecule has 0 fully saturated rings. The van der Waals surface area contributed by atoms with Crippen molar-refractivity contribution in [1.29, 1.82) is 0 Å². The average Bonchev–Trinajstić information content (AvgIpc) is 2.95. The highest BCUT2D eigenvalue weighted by atomic mass is 79.9. The van der Waals surface area contributed by atoms with Crippen molar-refractivity contribution >= 4 is 38.6 Å². The average molecular weight is 443 g/mol. The van der Waals surface area contributed by atoms with Crippen LogP contribution < -0.4 is 4.72 Å². The Morgan fingerprint density at radius 3 is 2.52 bits per heavy atom. The SMILES string of the molecule is CC(N[S+]([O-])C(C)(C)C)c1ccc(-c2ccc(Br)cc2CN(C)C)s1. The summed E-state index contributed by atoms with van der Waals surface area (Å²) >= 11 is 4.26. The van der Waals surface area contributed by atoms with Crippen molar-refractivity contribution in [2.75, 3.05) is 14.1 Å². The zero-order valence-corrected chi connectivity index (χ0v) is 18.9. The molecular weight excluding hydrogens is 416 g/mol. The van der Waals surface area contributed by atoms with Crippen LogP contribution in [0.4, 0.5) is 0 Å². The minimum absolute atomic E-state index is 0.0616. The molecule has 1 aromatic heterocycles. The molecule has 0 spiro atoms. The molecule has 0 amide bonds. The third-order valence-electron chi connectivity index (χ3n) is 3.71. The summed E-state index contributed by atoms with van der Waals surface area (Å²) in [6, 6.07) is 10.8. The second-order valence-electron chi connectivity index (χ2n) is 7.46. The van der Waals surface area contributed by atoms with E-state index in [1.54, 1.807) is 11.3 Å². The van der Waals surface area contributed by atoms with E-state index in [2.05, 4.69) is 76.9 Å². The number of thiophene rings is 1. The lowest BCUT2D eigenvalue weighted by Gasteiger charge is -2.26. The molecule has 2 aromatic rings. The zero-order valence-electron chi connectivity index (χ0n) is 15.7. The molecule has 0 aliphatic rings. The van der Waals surface area contributed by atoms with Crippen molar-refractivity contribution in [1.82, 2.24) is 9.62 Å². The molecule has 1 aromatic carbocycles. The van der Waals surface area contributed by atoms with E-state index >= 15 is 0 Å². The van der Waals surface area contributed by atoms with Crippen LogP contribution in [0.3, 0.4) is 0 Å². The van der Waals surface area contributed by atoms with Gasteiger partial charge in [-0.1, -0.05) is 22.0 Å². The fourth-order valence-corrected chi connectivity index (χ4v) is 4.76. The van der Waals surface area contributed by atoms with Gasteiger partial charge in [-0.25, -0.2) is 0 Å². The van der Waals surface area contributed by atoms with Gasteiger partial charge >= 0.3 is 0 Å². The van der Waals surface area contributed by atoms with Crippen molar-refractivity contribution in [2.24, 2.45) is 0 Å². The first-order valence-corrected chi connectivity index (χ1v) is 11.0. The van der Waals surface area contributed by atoms with E-state index in [1.165, 1.54) is 20.9 Å². The summed E-state index contributed by atoms with van der Waals surface area (Å²) in [6.07, 6.45) is 0. The van der Waals surface area contributed by atoms with Gasteiger partial charge in [0.25, 0.3) is 0 Å². The van der Waals surface area contributed by atoms with Gasteiger partial charge in [-0.05, 0) is 77.2 Å². The van der Waals surface area contributed by atoms with Gasteiger partial charge in [0.05, 0.1) is 6.04 Å². The second-order valence-corrected chi connectivity index (χ2v) is 11.5. The lowest BCUT2D eigenvalue weighted by Crippen LogP contribution is -2.40. The van der Waals surface area contributed by atoms with Crippen molar-refractivity contribution in [3.05, 3.63) is 45.2 Å². The number of hydrogen-bond acceptors (Lipinski definition) is 4. The zero-order chi connectivity index (χ0) is 18.8. The fraction of sp³-hybridized carbons (Fsp3) is 0.474. The van der Waals surface area contributed by atoms with Crippen LogP contribution in [0.2, 0.25) is 0 Å². The molecule has 25 heavy (non-hydrogen) atoms. The van der Waals surface area contributed by atoms with Crippen LogP contribution in [0, 0.1) is 0 Å². The predicted molar refractivity (Wildman–Crippen MR) is 114 cm³/mol. The van der Waals surface area contributed by atoms with Crippen molar-refractivity contribution in [2.45, 2.75) is 45.0 Å². The first kappa shape index (κ1) is 20.9. The molecule has 2 atom stereocenters. The van der Waals surface area contributed by atoms with Crippen molar-refractivity contribution in [3.63, 3.8) is 0 Å². The van der Waals surface area contributed by atoms with Gasteiger partial charge in [-0.2, -0.15) is 0 Å². The van der Waals surface area contributed by atoms with Gasteiger partial charge in [0.1, 0.15) is 4.75 Å². The Labute approximate surface area is 167 Å². The summed E-state index contributed by atoms with van der Waals surface area (Å²) in [5.41, 5.74) is 2.56. The molecule has 2 rings (SSSR count). The minimum atomic E-state index is -1.07. The van der Waals surface area contributed by atoms with Crippen LogP contribution in [-0.2, 0) is 17.9 Å². The Kier molecular flexibility index (Phi) is 7.16. The summed E-state index contributed by atoms with van der Waals surface area (Å²) in [4.78, 5) is 4.62. The molecular formula is C19H27BrN2OS2. The largest absolute Gasteiger partial charge is 0.598 e. The smallest absolute Gasteiger partial charge is 0.136 e. The normalized spacial score (nSPS) is 14.8. The summed E-state index contributed by atoms with van der Waals surface area (Å²) in [5, 5.41) is 0. The monoisotopic (exact) mass is 442 g/mol. The number of nitrogens with one attached hydrogen (secondary N) is 1. The van der Waals surface area contributed by atoms with Crippen LogP contribution >= 0.6 is 27.3 Å². The molecule has 0 saturated carbocycles. The predicted octanol–water partition coefficient (Wildman–Crippen LogP) is 5.35. The molecule has 0 saturated heterocycles. The highest BCUT2D eigenvalue weighted by Crippen LogP contribution is 2.35. The van der Waals surface area contributed by atoms with Crippen molar-refractivity contribution < 1.29 is 4.55 Å². The number of nitrogens with zero attached hydrogens (tertiary/aromatic N) is 1. The van der Waals surface area contributed by atoms with Crippen LogP contribution in [0.5, 0.6) is 0 Å². The van der Waals surface area contributed by atoms with E-state index < -0.39 is 11.4 Å². The third kappa shape index (κ3) is 5.81. The summed E-state index contributed by atoms with van der Waals surface area (Å²) in [7, 11) is 4.16. The van der Waals surface area contributed by atoms with Crippen LogP contribution in [0.25, 0.3) is 10.4 Å². The molecule has 138 valence electrons.